The highest BCUT2D eigenvalue weighted by molar-refractivity contribution is 14.0. The minimum Gasteiger partial charge on any atom is -0.377 e. The number of rotatable bonds is 8. The second-order valence-corrected chi connectivity index (χ2v) is 7.30. The van der Waals surface area contributed by atoms with Crippen LogP contribution < -0.4 is 10.6 Å². The van der Waals surface area contributed by atoms with Crippen molar-refractivity contribution in [1.29, 1.82) is 0 Å². The summed E-state index contributed by atoms with van der Waals surface area (Å²) < 4.78 is 7.11. The standard InChI is InChI=1S/C20H29ClN6O.HI/c1-3-22-20(23-12-6-8-15-7-4-5-9-17(15)21)24-16-10-11-19-25-18(14-28-2)26-27(19)13-16;/h4-5,7,9,16H,3,6,8,10-14H2,1-2H3,(H2,22,23,24);1H. The maximum atomic E-state index is 6.23. The zero-order valence-corrected chi connectivity index (χ0v) is 20.1. The maximum absolute atomic E-state index is 6.23. The normalized spacial score (nSPS) is 16.1. The van der Waals surface area contributed by atoms with E-state index < -0.39 is 0 Å². The van der Waals surface area contributed by atoms with Gasteiger partial charge in [-0.3, -0.25) is 4.99 Å². The molecule has 2 heterocycles. The Kier molecular flexibility index (Phi) is 10.2. The van der Waals surface area contributed by atoms with Gasteiger partial charge in [-0.25, -0.2) is 9.67 Å². The third-order valence-electron chi connectivity index (χ3n) is 4.69. The summed E-state index contributed by atoms with van der Waals surface area (Å²) in [7, 11) is 1.66. The zero-order chi connectivity index (χ0) is 19.8. The molecule has 3 rings (SSSR count). The number of nitrogens with one attached hydrogen (secondary N) is 2. The Bertz CT molecular complexity index is 797. The number of aryl methyl sites for hydroxylation is 2. The molecular formula is C20H30ClIN6O. The van der Waals surface area contributed by atoms with E-state index in [1.54, 1.807) is 7.11 Å². The van der Waals surface area contributed by atoms with Crippen LogP contribution in [0.2, 0.25) is 5.02 Å². The Hall–Kier alpha value is -1.39. The van der Waals surface area contributed by atoms with Crippen LogP contribution in [0.4, 0.5) is 0 Å². The van der Waals surface area contributed by atoms with Crippen LogP contribution in [-0.2, 0) is 30.7 Å². The molecule has 1 aliphatic heterocycles. The number of hydrogen-bond donors (Lipinski definition) is 2. The Morgan fingerprint density at radius 1 is 1.38 bits per heavy atom. The molecule has 9 heteroatoms. The third-order valence-corrected chi connectivity index (χ3v) is 5.06. The van der Waals surface area contributed by atoms with Gasteiger partial charge in [-0.15, -0.1) is 24.0 Å². The molecule has 1 atom stereocenters. The summed E-state index contributed by atoms with van der Waals surface area (Å²) in [6, 6.07) is 8.28. The smallest absolute Gasteiger partial charge is 0.191 e. The molecule has 0 radical (unpaired) electrons. The van der Waals surface area contributed by atoms with Crippen molar-refractivity contribution in [2.24, 2.45) is 4.99 Å². The number of hydrogen-bond acceptors (Lipinski definition) is 4. The van der Waals surface area contributed by atoms with Crippen molar-refractivity contribution in [2.75, 3.05) is 20.2 Å². The molecule has 2 aromatic rings. The molecule has 0 spiro atoms. The fourth-order valence-electron chi connectivity index (χ4n) is 3.34. The van der Waals surface area contributed by atoms with Gasteiger partial charge in [0.15, 0.2) is 11.8 Å². The molecule has 0 aliphatic carbocycles. The van der Waals surface area contributed by atoms with Crippen LogP contribution in [0.1, 0.15) is 37.0 Å². The Morgan fingerprint density at radius 3 is 2.97 bits per heavy atom. The van der Waals surface area contributed by atoms with Crippen molar-refractivity contribution in [3.63, 3.8) is 0 Å². The van der Waals surface area contributed by atoms with E-state index in [0.29, 0.717) is 6.61 Å². The van der Waals surface area contributed by atoms with Crippen LogP contribution in [0.3, 0.4) is 0 Å². The Balaban J connectivity index is 0.00000300. The van der Waals surface area contributed by atoms with E-state index in [1.807, 2.05) is 22.9 Å². The number of fused-ring (bicyclic) bond motifs is 1. The first kappa shape index (κ1) is 23.9. The molecule has 7 nitrogen and oxygen atoms in total. The minimum absolute atomic E-state index is 0. The molecule has 0 fully saturated rings. The molecule has 1 aliphatic rings. The van der Waals surface area contributed by atoms with E-state index in [4.69, 9.17) is 21.3 Å². The van der Waals surface area contributed by atoms with E-state index in [1.165, 1.54) is 5.56 Å². The predicted molar refractivity (Wildman–Crippen MR) is 127 cm³/mol. The monoisotopic (exact) mass is 532 g/mol. The molecule has 160 valence electrons. The Morgan fingerprint density at radius 2 is 2.21 bits per heavy atom. The van der Waals surface area contributed by atoms with Gasteiger partial charge in [0.1, 0.15) is 12.4 Å². The fourth-order valence-corrected chi connectivity index (χ4v) is 3.57. The van der Waals surface area contributed by atoms with Crippen LogP contribution in [0.25, 0.3) is 0 Å². The lowest BCUT2D eigenvalue weighted by Crippen LogP contribution is -2.47. The predicted octanol–water partition coefficient (Wildman–Crippen LogP) is 3.20. The molecule has 1 unspecified atom stereocenters. The van der Waals surface area contributed by atoms with Crippen LogP contribution >= 0.6 is 35.6 Å². The summed E-state index contributed by atoms with van der Waals surface area (Å²) in [5.41, 5.74) is 1.18. The molecule has 2 N–H and O–H groups in total. The number of aromatic nitrogens is 3. The zero-order valence-electron chi connectivity index (χ0n) is 17.0. The lowest BCUT2D eigenvalue weighted by atomic mass is 10.1. The molecule has 1 aromatic heterocycles. The van der Waals surface area contributed by atoms with Crippen molar-refractivity contribution in [1.82, 2.24) is 25.4 Å². The number of halogens is 2. The van der Waals surface area contributed by atoms with Crippen molar-refractivity contribution in [2.45, 2.75) is 51.8 Å². The molecular weight excluding hydrogens is 503 g/mol. The first-order valence-electron chi connectivity index (χ1n) is 9.89. The number of aliphatic imine (C=N–C) groups is 1. The highest BCUT2D eigenvalue weighted by Crippen LogP contribution is 2.16. The van der Waals surface area contributed by atoms with Crippen LogP contribution in [0.5, 0.6) is 0 Å². The summed E-state index contributed by atoms with van der Waals surface area (Å²) in [6.45, 7) is 4.90. The lowest BCUT2D eigenvalue weighted by molar-refractivity contribution is 0.177. The van der Waals surface area contributed by atoms with Crippen LogP contribution in [0.15, 0.2) is 29.3 Å². The van der Waals surface area contributed by atoms with Crippen molar-refractivity contribution < 1.29 is 4.74 Å². The van der Waals surface area contributed by atoms with Crippen LogP contribution in [-0.4, -0.2) is 47.0 Å². The summed E-state index contributed by atoms with van der Waals surface area (Å²) >= 11 is 6.23. The topological polar surface area (TPSA) is 76.4 Å². The van der Waals surface area contributed by atoms with Gasteiger partial charge in [-0.05, 0) is 37.8 Å². The van der Waals surface area contributed by atoms with E-state index in [0.717, 1.165) is 67.9 Å². The summed E-state index contributed by atoms with van der Waals surface area (Å²) in [5.74, 6) is 2.64. The number of ether oxygens (including phenoxy) is 1. The molecule has 0 amide bonds. The van der Waals surface area contributed by atoms with Gasteiger partial charge >= 0.3 is 0 Å². The van der Waals surface area contributed by atoms with E-state index in [2.05, 4.69) is 33.7 Å². The first-order valence-corrected chi connectivity index (χ1v) is 10.3. The summed E-state index contributed by atoms with van der Waals surface area (Å²) in [4.78, 5) is 9.26. The lowest BCUT2D eigenvalue weighted by Gasteiger charge is -2.25. The third kappa shape index (κ3) is 7.11. The second-order valence-electron chi connectivity index (χ2n) is 6.89. The highest BCUT2D eigenvalue weighted by atomic mass is 127. The number of methoxy groups -OCH3 is 1. The van der Waals surface area contributed by atoms with E-state index in [9.17, 15) is 0 Å². The average Bonchev–Trinajstić information content (AvgIpc) is 3.08. The van der Waals surface area contributed by atoms with E-state index in [-0.39, 0.29) is 30.0 Å². The molecule has 0 saturated carbocycles. The summed E-state index contributed by atoms with van der Waals surface area (Å²) in [6.07, 6.45) is 3.80. The van der Waals surface area contributed by atoms with Crippen molar-refractivity contribution in [3.8, 4) is 0 Å². The first-order chi connectivity index (χ1) is 13.7. The molecule has 29 heavy (non-hydrogen) atoms. The molecule has 0 bridgehead atoms. The van der Waals surface area contributed by atoms with Gasteiger partial charge in [0.25, 0.3) is 0 Å². The van der Waals surface area contributed by atoms with Gasteiger partial charge in [0, 0.05) is 37.7 Å². The number of benzene rings is 1. The fraction of sp³-hybridized carbons (Fsp3) is 0.550. The summed E-state index contributed by atoms with van der Waals surface area (Å²) in [5, 5.41) is 12.2. The van der Waals surface area contributed by atoms with Crippen molar-refractivity contribution in [3.05, 3.63) is 46.5 Å². The maximum Gasteiger partial charge on any atom is 0.191 e. The van der Waals surface area contributed by atoms with Crippen molar-refractivity contribution >= 4 is 41.5 Å². The highest BCUT2D eigenvalue weighted by Gasteiger charge is 2.22. The largest absolute Gasteiger partial charge is 0.377 e. The van der Waals surface area contributed by atoms with Gasteiger partial charge in [-0.1, -0.05) is 29.8 Å². The average molecular weight is 533 g/mol. The number of nitrogens with zero attached hydrogens (tertiary/aromatic N) is 4. The molecule has 1 aromatic carbocycles. The van der Waals surface area contributed by atoms with Gasteiger partial charge in [0.05, 0.1) is 6.54 Å². The second kappa shape index (κ2) is 12.3. The SMILES string of the molecule is CCNC(=NCCCc1ccccc1Cl)NC1CCc2nc(COC)nn2C1.I. The Labute approximate surface area is 194 Å². The molecule has 0 saturated heterocycles. The van der Waals surface area contributed by atoms with Crippen LogP contribution in [0, 0.1) is 0 Å². The van der Waals surface area contributed by atoms with Gasteiger partial charge < -0.3 is 15.4 Å². The van der Waals surface area contributed by atoms with E-state index >= 15 is 0 Å². The van der Waals surface area contributed by atoms with Gasteiger partial charge in [0.2, 0.25) is 0 Å². The van der Waals surface area contributed by atoms with Gasteiger partial charge in [-0.2, -0.15) is 5.10 Å². The minimum atomic E-state index is 0. The number of guanidine groups is 1. The quantitative estimate of drug-likeness (QED) is 0.236.